The number of H-pyrrole nitrogens is 1. The lowest BCUT2D eigenvalue weighted by atomic mass is 10.1. The predicted molar refractivity (Wildman–Crippen MR) is 113 cm³/mol. The number of carbonyl (C=O) groups excluding carboxylic acids is 1. The van der Waals surface area contributed by atoms with E-state index in [2.05, 4.69) is 4.98 Å². The van der Waals surface area contributed by atoms with E-state index in [-0.39, 0.29) is 17.6 Å². The zero-order valence-electron chi connectivity index (χ0n) is 16.2. The number of hydrogen-bond donors (Lipinski definition) is 1. The monoisotopic (exact) mass is 413 g/mol. The lowest BCUT2D eigenvalue weighted by molar-refractivity contribution is 0.0510. The van der Waals surface area contributed by atoms with E-state index in [1.807, 2.05) is 17.5 Å². The largest absolute Gasteiger partial charge is 0.376 e. The average molecular weight is 413 g/mol. The van der Waals surface area contributed by atoms with Crippen LogP contribution in [0.25, 0.3) is 10.9 Å². The molecule has 0 spiro atoms. The summed E-state index contributed by atoms with van der Waals surface area (Å²) in [6.45, 7) is 3.78. The van der Waals surface area contributed by atoms with Gasteiger partial charge in [-0.05, 0) is 49.4 Å². The van der Waals surface area contributed by atoms with E-state index in [0.717, 1.165) is 28.9 Å². The zero-order chi connectivity index (χ0) is 20.4. The Morgan fingerprint density at radius 1 is 1.34 bits per heavy atom. The molecule has 4 rings (SSSR count). The van der Waals surface area contributed by atoms with Crippen LogP contribution in [0.5, 0.6) is 0 Å². The van der Waals surface area contributed by atoms with Gasteiger partial charge in [0.1, 0.15) is 0 Å². The maximum Gasteiger partial charge on any atom is 0.328 e. The molecule has 1 aliphatic heterocycles. The molecule has 152 valence electrons. The van der Waals surface area contributed by atoms with Gasteiger partial charge in [0.15, 0.2) is 0 Å². The van der Waals surface area contributed by atoms with Crippen LogP contribution in [0.2, 0.25) is 0 Å². The van der Waals surface area contributed by atoms with Gasteiger partial charge in [0.25, 0.3) is 11.5 Å². The molecule has 29 heavy (non-hydrogen) atoms. The molecule has 2 aromatic heterocycles. The van der Waals surface area contributed by atoms with Crippen molar-refractivity contribution < 1.29 is 9.53 Å². The lowest BCUT2D eigenvalue weighted by Crippen LogP contribution is -2.37. The minimum atomic E-state index is -0.468. The molecule has 1 N–H and O–H groups in total. The topological polar surface area (TPSA) is 84.4 Å². The highest BCUT2D eigenvalue weighted by molar-refractivity contribution is 7.09. The highest BCUT2D eigenvalue weighted by Crippen LogP contribution is 2.20. The van der Waals surface area contributed by atoms with Gasteiger partial charge < -0.3 is 14.6 Å². The van der Waals surface area contributed by atoms with E-state index in [1.54, 1.807) is 41.4 Å². The number of carbonyl (C=O) groups is 1. The maximum absolute atomic E-state index is 13.3. The first-order valence-corrected chi connectivity index (χ1v) is 10.6. The molecule has 0 aliphatic carbocycles. The summed E-state index contributed by atoms with van der Waals surface area (Å²) in [5.74, 6) is -0.142. The van der Waals surface area contributed by atoms with Crippen LogP contribution in [0, 0.1) is 0 Å². The Morgan fingerprint density at radius 3 is 2.90 bits per heavy atom. The standard InChI is InChI=1S/C21H23N3O4S/c1-2-24-20(26)17-8-7-14(11-18(17)22-21(24)27)19(25)23(12-15-5-3-9-28-15)13-16-6-4-10-29-16/h4,6-8,10-11,15H,2-3,5,9,12-13H2,1H3,(H,22,27). The smallest absolute Gasteiger partial charge is 0.328 e. The molecule has 1 aliphatic rings. The molecule has 1 fully saturated rings. The third-order valence-corrected chi connectivity index (χ3v) is 6.07. The first-order valence-electron chi connectivity index (χ1n) is 9.77. The van der Waals surface area contributed by atoms with Gasteiger partial charge in [-0.1, -0.05) is 6.07 Å². The maximum atomic E-state index is 13.3. The number of rotatable bonds is 6. The number of benzene rings is 1. The van der Waals surface area contributed by atoms with Crippen LogP contribution in [-0.4, -0.2) is 39.6 Å². The van der Waals surface area contributed by atoms with E-state index in [4.69, 9.17) is 4.74 Å². The normalized spacial score (nSPS) is 16.4. The van der Waals surface area contributed by atoms with Crippen molar-refractivity contribution >= 4 is 28.1 Å². The number of fused-ring (bicyclic) bond motifs is 1. The summed E-state index contributed by atoms with van der Waals surface area (Å²) in [6, 6.07) is 8.83. The molecule has 8 heteroatoms. The molecular weight excluding hydrogens is 390 g/mol. The van der Waals surface area contributed by atoms with Crippen LogP contribution in [0.4, 0.5) is 0 Å². The number of amides is 1. The van der Waals surface area contributed by atoms with Gasteiger partial charge in [0.2, 0.25) is 0 Å². The number of nitrogens with one attached hydrogen (secondary N) is 1. The average Bonchev–Trinajstić information content (AvgIpc) is 3.41. The van der Waals surface area contributed by atoms with Crippen molar-refractivity contribution in [2.24, 2.45) is 0 Å². The Labute approximate surface area is 171 Å². The van der Waals surface area contributed by atoms with Gasteiger partial charge in [-0.3, -0.25) is 14.2 Å². The summed E-state index contributed by atoms with van der Waals surface area (Å²) in [4.78, 5) is 43.5. The van der Waals surface area contributed by atoms with Gasteiger partial charge >= 0.3 is 5.69 Å². The third-order valence-electron chi connectivity index (χ3n) is 5.21. The fourth-order valence-electron chi connectivity index (χ4n) is 3.70. The second-order valence-electron chi connectivity index (χ2n) is 7.14. The third kappa shape index (κ3) is 4.04. The Hall–Kier alpha value is -2.71. The van der Waals surface area contributed by atoms with Crippen LogP contribution in [0.15, 0.2) is 45.3 Å². The molecule has 0 bridgehead atoms. The van der Waals surface area contributed by atoms with Crippen LogP contribution in [0.3, 0.4) is 0 Å². The molecule has 1 saturated heterocycles. The molecule has 3 heterocycles. The fourth-order valence-corrected chi connectivity index (χ4v) is 4.42. The van der Waals surface area contributed by atoms with Crippen molar-refractivity contribution in [1.29, 1.82) is 0 Å². The number of nitrogens with zero attached hydrogens (tertiary/aromatic N) is 2. The zero-order valence-corrected chi connectivity index (χ0v) is 17.0. The fraction of sp³-hybridized carbons (Fsp3) is 0.381. The molecule has 1 aromatic carbocycles. The molecule has 0 radical (unpaired) electrons. The Kier molecular flexibility index (Phi) is 5.64. The number of aromatic amines is 1. The van der Waals surface area contributed by atoms with Crippen molar-refractivity contribution in [1.82, 2.24) is 14.5 Å². The van der Waals surface area contributed by atoms with Crippen LogP contribution in [-0.2, 0) is 17.8 Å². The highest BCUT2D eigenvalue weighted by Gasteiger charge is 2.24. The van der Waals surface area contributed by atoms with Crippen LogP contribution in [0.1, 0.15) is 35.0 Å². The van der Waals surface area contributed by atoms with Crippen molar-refractivity contribution in [3.63, 3.8) is 0 Å². The summed E-state index contributed by atoms with van der Waals surface area (Å²) >= 11 is 1.61. The molecule has 3 aromatic rings. The minimum absolute atomic E-state index is 0.0379. The number of thiophene rings is 1. The van der Waals surface area contributed by atoms with Gasteiger partial charge in [0, 0.05) is 30.1 Å². The van der Waals surface area contributed by atoms with E-state index in [0.29, 0.717) is 36.1 Å². The van der Waals surface area contributed by atoms with Crippen molar-refractivity contribution in [2.75, 3.05) is 13.2 Å². The van der Waals surface area contributed by atoms with Crippen molar-refractivity contribution in [3.8, 4) is 0 Å². The molecule has 1 atom stereocenters. The quantitative estimate of drug-likeness (QED) is 0.673. The van der Waals surface area contributed by atoms with E-state index in [9.17, 15) is 14.4 Å². The molecule has 0 saturated carbocycles. The first kappa shape index (κ1) is 19.6. The summed E-state index contributed by atoms with van der Waals surface area (Å²) in [5.41, 5.74) is 0.00420. The van der Waals surface area contributed by atoms with Crippen LogP contribution >= 0.6 is 11.3 Å². The summed E-state index contributed by atoms with van der Waals surface area (Å²) < 4.78 is 6.88. The predicted octanol–water partition coefficient (Wildman–Crippen LogP) is 2.59. The molecule has 1 unspecified atom stereocenters. The Morgan fingerprint density at radius 2 is 2.21 bits per heavy atom. The van der Waals surface area contributed by atoms with Crippen molar-refractivity contribution in [2.45, 2.75) is 39.0 Å². The van der Waals surface area contributed by atoms with Gasteiger partial charge in [-0.15, -0.1) is 11.3 Å². The summed E-state index contributed by atoms with van der Waals surface area (Å²) in [6.07, 6.45) is 1.98. The van der Waals surface area contributed by atoms with Crippen molar-refractivity contribution in [3.05, 3.63) is 67.0 Å². The van der Waals surface area contributed by atoms with Gasteiger partial charge in [-0.2, -0.15) is 0 Å². The lowest BCUT2D eigenvalue weighted by Gasteiger charge is -2.25. The Balaban J connectivity index is 1.67. The molecule has 7 nitrogen and oxygen atoms in total. The SMILES string of the molecule is CCn1c(=O)[nH]c2cc(C(=O)N(Cc3cccs3)CC3CCCO3)ccc2c1=O. The highest BCUT2D eigenvalue weighted by atomic mass is 32.1. The second-order valence-corrected chi connectivity index (χ2v) is 8.17. The second kappa shape index (κ2) is 8.34. The Bertz CT molecular complexity index is 1130. The molecule has 1 amide bonds. The van der Waals surface area contributed by atoms with Crippen LogP contribution < -0.4 is 11.2 Å². The van der Waals surface area contributed by atoms with E-state index < -0.39 is 5.69 Å². The van der Waals surface area contributed by atoms with E-state index >= 15 is 0 Å². The van der Waals surface area contributed by atoms with E-state index in [1.165, 1.54) is 0 Å². The number of ether oxygens (including phenoxy) is 1. The molecular formula is C21H23N3O4S. The number of aromatic nitrogens is 2. The number of hydrogen-bond acceptors (Lipinski definition) is 5. The van der Waals surface area contributed by atoms with Gasteiger partial charge in [0.05, 0.1) is 23.6 Å². The summed E-state index contributed by atoms with van der Waals surface area (Å²) in [5, 5.41) is 2.38. The minimum Gasteiger partial charge on any atom is -0.376 e. The summed E-state index contributed by atoms with van der Waals surface area (Å²) in [7, 11) is 0. The first-order chi connectivity index (χ1) is 14.1. The van der Waals surface area contributed by atoms with Gasteiger partial charge in [-0.25, -0.2) is 4.79 Å².